The van der Waals surface area contributed by atoms with Crippen molar-refractivity contribution < 1.29 is 17.9 Å². The summed E-state index contributed by atoms with van der Waals surface area (Å²) >= 11 is 0. The van der Waals surface area contributed by atoms with E-state index in [0.29, 0.717) is 39.4 Å². The Balaban J connectivity index is 4.30. The number of likely N-dealkylation sites (N-methyl/N-ethyl adjacent to an activating group) is 1. The van der Waals surface area contributed by atoms with Gasteiger partial charge in [0.1, 0.15) is 0 Å². The summed E-state index contributed by atoms with van der Waals surface area (Å²) in [5.41, 5.74) is 0. The Morgan fingerprint density at radius 1 is 1.06 bits per heavy atom. The maximum absolute atomic E-state index is 11.9. The van der Waals surface area contributed by atoms with Crippen LogP contribution in [0.5, 0.6) is 0 Å². The van der Waals surface area contributed by atoms with Crippen molar-refractivity contribution in [3.63, 3.8) is 0 Å². The van der Waals surface area contributed by atoms with Gasteiger partial charge in [-0.1, -0.05) is 0 Å². The van der Waals surface area contributed by atoms with Gasteiger partial charge in [-0.15, -0.1) is 0 Å². The fraction of sp³-hybridized carbons (Fsp3) is 1.00. The zero-order valence-corrected chi connectivity index (χ0v) is 11.5. The highest BCUT2D eigenvalue weighted by Crippen LogP contribution is 1.97. The van der Waals surface area contributed by atoms with Crippen LogP contribution < -0.4 is 10.0 Å². The van der Waals surface area contributed by atoms with E-state index < -0.39 is 10.2 Å². The molecule has 0 aliphatic rings. The molecule has 0 saturated heterocycles. The van der Waals surface area contributed by atoms with Crippen LogP contribution in [-0.4, -0.2) is 73.4 Å². The Morgan fingerprint density at radius 2 is 1.59 bits per heavy atom. The number of hydrogen-bond acceptors (Lipinski definition) is 5. The number of hydrogen-bond donors (Lipinski definition) is 2. The van der Waals surface area contributed by atoms with Gasteiger partial charge in [0.15, 0.2) is 0 Å². The smallest absolute Gasteiger partial charge is 0.279 e. The Labute approximate surface area is 104 Å². The van der Waals surface area contributed by atoms with Gasteiger partial charge < -0.3 is 14.8 Å². The van der Waals surface area contributed by atoms with Gasteiger partial charge in [0.05, 0.1) is 13.2 Å². The summed E-state index contributed by atoms with van der Waals surface area (Å²) in [5.74, 6) is 0. The molecule has 2 N–H and O–H groups in total. The first-order valence-electron chi connectivity index (χ1n) is 5.45. The van der Waals surface area contributed by atoms with Crippen LogP contribution in [0.1, 0.15) is 0 Å². The van der Waals surface area contributed by atoms with Crippen molar-refractivity contribution in [3.05, 3.63) is 0 Å². The van der Waals surface area contributed by atoms with E-state index in [1.165, 1.54) is 18.5 Å². The Hall–Kier alpha value is -0.250. The van der Waals surface area contributed by atoms with E-state index in [4.69, 9.17) is 9.47 Å². The lowest BCUT2D eigenvalue weighted by Gasteiger charge is -2.21. The first-order valence-corrected chi connectivity index (χ1v) is 6.89. The SMILES string of the molecule is CNCCNS(=O)(=O)N(CCOC)CCOC. The molecule has 0 atom stereocenters. The summed E-state index contributed by atoms with van der Waals surface area (Å²) in [6.07, 6.45) is 0. The van der Waals surface area contributed by atoms with Crippen molar-refractivity contribution in [2.24, 2.45) is 0 Å². The van der Waals surface area contributed by atoms with Crippen LogP contribution in [0.4, 0.5) is 0 Å². The second kappa shape index (κ2) is 9.75. The predicted octanol–water partition coefficient (Wildman–Crippen LogP) is -1.36. The van der Waals surface area contributed by atoms with Crippen LogP contribution in [0.25, 0.3) is 0 Å². The number of ether oxygens (including phenoxy) is 2. The van der Waals surface area contributed by atoms with Gasteiger partial charge >= 0.3 is 0 Å². The van der Waals surface area contributed by atoms with E-state index in [1.54, 1.807) is 7.05 Å². The molecular formula is C9H23N3O4S. The maximum Gasteiger partial charge on any atom is 0.279 e. The Bertz CT molecular complexity index is 263. The van der Waals surface area contributed by atoms with Crippen LogP contribution in [0.2, 0.25) is 0 Å². The molecule has 0 aliphatic heterocycles. The molecule has 7 nitrogen and oxygen atoms in total. The van der Waals surface area contributed by atoms with E-state index >= 15 is 0 Å². The van der Waals surface area contributed by atoms with Crippen molar-refractivity contribution in [2.45, 2.75) is 0 Å². The largest absolute Gasteiger partial charge is 0.383 e. The first-order chi connectivity index (χ1) is 8.08. The number of nitrogens with zero attached hydrogens (tertiary/aromatic N) is 1. The predicted molar refractivity (Wildman–Crippen MR) is 66.2 cm³/mol. The average Bonchev–Trinajstić information content (AvgIpc) is 2.29. The number of nitrogens with one attached hydrogen (secondary N) is 2. The van der Waals surface area contributed by atoms with Gasteiger partial charge in [-0.2, -0.15) is 12.7 Å². The van der Waals surface area contributed by atoms with Crippen LogP contribution >= 0.6 is 0 Å². The highest BCUT2D eigenvalue weighted by molar-refractivity contribution is 7.87. The minimum Gasteiger partial charge on any atom is -0.383 e. The quantitative estimate of drug-likeness (QED) is 0.453. The summed E-state index contributed by atoms with van der Waals surface area (Å²) in [5, 5.41) is 2.87. The molecule has 0 aromatic rings. The molecule has 0 aromatic carbocycles. The molecule has 0 fully saturated rings. The third-order valence-corrected chi connectivity index (χ3v) is 3.70. The molecule has 104 valence electrons. The highest BCUT2D eigenvalue weighted by atomic mass is 32.2. The summed E-state index contributed by atoms with van der Waals surface area (Å²) < 4.78 is 37.4. The molecule has 0 unspecified atom stereocenters. The van der Waals surface area contributed by atoms with Crippen molar-refractivity contribution in [2.75, 3.05) is 60.7 Å². The summed E-state index contributed by atoms with van der Waals surface area (Å²) in [7, 11) is 1.38. The van der Waals surface area contributed by atoms with Crippen molar-refractivity contribution in [1.82, 2.24) is 14.3 Å². The third kappa shape index (κ3) is 7.63. The van der Waals surface area contributed by atoms with Crippen LogP contribution in [0.15, 0.2) is 0 Å². The van der Waals surface area contributed by atoms with E-state index in [0.717, 1.165) is 0 Å². The lowest BCUT2D eigenvalue weighted by atomic mass is 10.6. The van der Waals surface area contributed by atoms with Crippen molar-refractivity contribution in [1.29, 1.82) is 0 Å². The van der Waals surface area contributed by atoms with Crippen LogP contribution in [0.3, 0.4) is 0 Å². The standard InChI is InChI=1S/C9H23N3O4S/c1-10-4-5-11-17(13,14)12(6-8-15-2)7-9-16-3/h10-11H,4-9H2,1-3H3. The molecule has 0 aromatic heterocycles. The van der Waals surface area contributed by atoms with Crippen molar-refractivity contribution >= 4 is 10.2 Å². The minimum absolute atomic E-state index is 0.314. The Morgan fingerprint density at radius 3 is 2.00 bits per heavy atom. The van der Waals surface area contributed by atoms with Gasteiger partial charge in [0, 0.05) is 40.4 Å². The molecule has 0 spiro atoms. The first kappa shape index (κ1) is 16.8. The zero-order chi connectivity index (χ0) is 13.1. The molecule has 0 radical (unpaired) electrons. The number of rotatable bonds is 11. The van der Waals surface area contributed by atoms with Gasteiger partial charge in [-0.25, -0.2) is 4.72 Å². The normalized spacial score (nSPS) is 12.2. The molecule has 17 heavy (non-hydrogen) atoms. The lowest BCUT2D eigenvalue weighted by molar-refractivity contribution is 0.150. The minimum atomic E-state index is -3.46. The molecule has 0 amide bonds. The second-order valence-electron chi connectivity index (χ2n) is 3.39. The molecule has 8 heteroatoms. The van der Waals surface area contributed by atoms with E-state index in [2.05, 4.69) is 10.0 Å². The second-order valence-corrected chi connectivity index (χ2v) is 5.14. The number of methoxy groups -OCH3 is 2. The van der Waals surface area contributed by atoms with E-state index in [1.807, 2.05) is 0 Å². The van der Waals surface area contributed by atoms with Crippen LogP contribution in [0, 0.1) is 0 Å². The molecule has 0 bridgehead atoms. The van der Waals surface area contributed by atoms with Crippen molar-refractivity contribution in [3.8, 4) is 0 Å². The topological polar surface area (TPSA) is 79.9 Å². The maximum atomic E-state index is 11.9. The molecule has 0 aliphatic carbocycles. The zero-order valence-electron chi connectivity index (χ0n) is 10.7. The lowest BCUT2D eigenvalue weighted by Crippen LogP contribution is -2.45. The molecule has 0 heterocycles. The highest BCUT2D eigenvalue weighted by Gasteiger charge is 2.20. The molecule has 0 saturated carbocycles. The summed E-state index contributed by atoms with van der Waals surface area (Å²) in [6, 6.07) is 0. The van der Waals surface area contributed by atoms with Gasteiger partial charge in [0.2, 0.25) is 0 Å². The summed E-state index contributed by atoms with van der Waals surface area (Å²) in [4.78, 5) is 0. The van der Waals surface area contributed by atoms with E-state index in [9.17, 15) is 8.42 Å². The van der Waals surface area contributed by atoms with Gasteiger partial charge in [0.25, 0.3) is 10.2 Å². The van der Waals surface area contributed by atoms with Crippen LogP contribution in [-0.2, 0) is 19.7 Å². The Kier molecular flexibility index (Phi) is 9.60. The third-order valence-electron chi connectivity index (χ3n) is 2.09. The fourth-order valence-corrected chi connectivity index (χ4v) is 2.31. The van der Waals surface area contributed by atoms with Gasteiger partial charge in [-0.05, 0) is 7.05 Å². The summed E-state index contributed by atoms with van der Waals surface area (Å²) in [6.45, 7) is 2.29. The fourth-order valence-electron chi connectivity index (χ4n) is 1.13. The van der Waals surface area contributed by atoms with Gasteiger partial charge in [-0.3, -0.25) is 0 Å². The monoisotopic (exact) mass is 269 g/mol. The average molecular weight is 269 g/mol. The molecule has 0 rings (SSSR count). The van der Waals surface area contributed by atoms with E-state index in [-0.39, 0.29) is 0 Å². The molecular weight excluding hydrogens is 246 g/mol.